The zero-order valence-electron chi connectivity index (χ0n) is 12.4. The number of Topliss-reactive ketones (excluding diaryl/α,β-unsaturated/α-hetero) is 1. The van der Waals surface area contributed by atoms with E-state index in [4.69, 9.17) is 5.26 Å². The molecule has 1 atom stereocenters. The first kappa shape index (κ1) is 15.2. The molecule has 2 rings (SSSR count). The number of hydrogen-bond donors (Lipinski definition) is 1. The molecule has 0 unspecified atom stereocenters. The van der Waals surface area contributed by atoms with Crippen LogP contribution < -0.4 is 0 Å². The zero-order valence-corrected chi connectivity index (χ0v) is 12.4. The minimum atomic E-state index is -0.0895. The summed E-state index contributed by atoms with van der Waals surface area (Å²) in [5, 5.41) is 15.5. The lowest BCUT2D eigenvalue weighted by atomic mass is 10.0. The fourth-order valence-electron chi connectivity index (χ4n) is 2.57. The van der Waals surface area contributed by atoms with Crippen molar-refractivity contribution in [3.05, 3.63) is 17.5 Å². The Morgan fingerprint density at radius 1 is 1.57 bits per heavy atom. The number of likely N-dealkylation sites (tertiary alicyclic amines) is 1. The van der Waals surface area contributed by atoms with Crippen molar-refractivity contribution in [3.8, 4) is 6.07 Å². The fourth-order valence-corrected chi connectivity index (χ4v) is 2.57. The van der Waals surface area contributed by atoms with Crippen LogP contribution in [0, 0.1) is 17.2 Å². The SMILES string of the molecule is CC(C)c1cc(C(=O)N2CC[C@@H](CC(=O)CC#N)C2)n[nH]1. The van der Waals surface area contributed by atoms with Gasteiger partial charge in [0.25, 0.3) is 5.91 Å². The Hall–Kier alpha value is -2.16. The van der Waals surface area contributed by atoms with E-state index in [1.54, 1.807) is 11.0 Å². The Balaban J connectivity index is 1.92. The molecule has 1 fully saturated rings. The summed E-state index contributed by atoms with van der Waals surface area (Å²) in [4.78, 5) is 25.6. The molecule has 1 saturated heterocycles. The molecule has 0 saturated carbocycles. The molecule has 0 spiro atoms. The first-order chi connectivity index (χ1) is 10.0. The minimum Gasteiger partial charge on any atom is -0.337 e. The lowest BCUT2D eigenvalue weighted by Crippen LogP contribution is -2.29. The highest BCUT2D eigenvalue weighted by molar-refractivity contribution is 5.92. The van der Waals surface area contributed by atoms with E-state index < -0.39 is 0 Å². The summed E-state index contributed by atoms with van der Waals surface area (Å²) >= 11 is 0. The van der Waals surface area contributed by atoms with Crippen LogP contribution in [0.1, 0.15) is 55.2 Å². The summed E-state index contributed by atoms with van der Waals surface area (Å²) in [7, 11) is 0. The van der Waals surface area contributed by atoms with Crippen molar-refractivity contribution in [2.45, 2.75) is 39.0 Å². The average molecular weight is 288 g/mol. The van der Waals surface area contributed by atoms with E-state index in [1.165, 1.54) is 0 Å². The van der Waals surface area contributed by atoms with E-state index in [9.17, 15) is 9.59 Å². The van der Waals surface area contributed by atoms with Gasteiger partial charge in [-0.25, -0.2) is 0 Å². The van der Waals surface area contributed by atoms with Crippen LogP contribution in [-0.4, -0.2) is 39.9 Å². The molecule has 2 heterocycles. The second-order valence-corrected chi connectivity index (χ2v) is 5.85. The fraction of sp³-hybridized carbons (Fsp3) is 0.600. The number of aromatic amines is 1. The number of H-pyrrole nitrogens is 1. The van der Waals surface area contributed by atoms with E-state index in [1.807, 2.05) is 19.9 Å². The third kappa shape index (κ3) is 3.69. The van der Waals surface area contributed by atoms with Gasteiger partial charge in [0.1, 0.15) is 11.5 Å². The van der Waals surface area contributed by atoms with Crippen LogP contribution in [0.3, 0.4) is 0 Å². The summed E-state index contributed by atoms with van der Waals surface area (Å²) in [5.41, 5.74) is 1.38. The number of ketones is 1. The standard InChI is InChI=1S/C15H20N4O2/c1-10(2)13-8-14(18-17-13)15(21)19-6-4-11(9-19)7-12(20)3-5-16/h8,10-11H,3-4,6-7,9H2,1-2H3,(H,17,18)/t11-/m0/s1. The molecule has 0 aliphatic carbocycles. The van der Waals surface area contributed by atoms with Crippen molar-refractivity contribution in [2.24, 2.45) is 5.92 Å². The van der Waals surface area contributed by atoms with Gasteiger partial charge >= 0.3 is 0 Å². The predicted molar refractivity (Wildman–Crippen MR) is 76.5 cm³/mol. The highest BCUT2D eigenvalue weighted by Crippen LogP contribution is 2.22. The molecule has 0 bridgehead atoms. The van der Waals surface area contributed by atoms with Crippen molar-refractivity contribution in [2.75, 3.05) is 13.1 Å². The summed E-state index contributed by atoms with van der Waals surface area (Å²) in [5.74, 6) is 0.333. The number of nitrogens with zero attached hydrogens (tertiary/aromatic N) is 3. The van der Waals surface area contributed by atoms with Gasteiger partial charge in [-0.2, -0.15) is 10.4 Å². The van der Waals surface area contributed by atoms with Crippen LogP contribution in [0.15, 0.2) is 6.07 Å². The number of amides is 1. The van der Waals surface area contributed by atoms with Gasteiger partial charge in [0.15, 0.2) is 0 Å². The van der Waals surface area contributed by atoms with Crippen molar-refractivity contribution in [1.82, 2.24) is 15.1 Å². The first-order valence-electron chi connectivity index (χ1n) is 7.24. The second-order valence-electron chi connectivity index (χ2n) is 5.85. The smallest absolute Gasteiger partial charge is 0.274 e. The van der Waals surface area contributed by atoms with Crippen molar-refractivity contribution >= 4 is 11.7 Å². The highest BCUT2D eigenvalue weighted by Gasteiger charge is 2.29. The average Bonchev–Trinajstić information content (AvgIpc) is 3.06. The monoisotopic (exact) mass is 288 g/mol. The number of nitrogens with one attached hydrogen (secondary N) is 1. The molecule has 1 aromatic rings. The molecule has 0 radical (unpaired) electrons. The number of rotatable bonds is 5. The topological polar surface area (TPSA) is 89.8 Å². The van der Waals surface area contributed by atoms with E-state index in [0.29, 0.717) is 31.1 Å². The third-order valence-corrected chi connectivity index (χ3v) is 3.80. The van der Waals surface area contributed by atoms with Crippen molar-refractivity contribution < 1.29 is 9.59 Å². The maximum atomic E-state index is 12.3. The van der Waals surface area contributed by atoms with E-state index in [0.717, 1.165) is 12.1 Å². The van der Waals surface area contributed by atoms with Gasteiger partial charge in [-0.1, -0.05) is 13.8 Å². The summed E-state index contributed by atoms with van der Waals surface area (Å²) < 4.78 is 0. The van der Waals surface area contributed by atoms with E-state index in [-0.39, 0.29) is 24.0 Å². The van der Waals surface area contributed by atoms with Gasteiger partial charge in [0.2, 0.25) is 0 Å². The Morgan fingerprint density at radius 2 is 2.33 bits per heavy atom. The number of nitriles is 1. The second kappa shape index (κ2) is 6.53. The van der Waals surface area contributed by atoms with E-state index in [2.05, 4.69) is 10.2 Å². The maximum absolute atomic E-state index is 12.3. The quantitative estimate of drug-likeness (QED) is 0.895. The van der Waals surface area contributed by atoms with Gasteiger partial charge in [0.05, 0.1) is 12.5 Å². The Labute approximate surface area is 124 Å². The Kier molecular flexibility index (Phi) is 4.73. The molecular weight excluding hydrogens is 268 g/mol. The van der Waals surface area contributed by atoms with Gasteiger partial charge in [-0.3, -0.25) is 14.7 Å². The zero-order chi connectivity index (χ0) is 15.4. The largest absolute Gasteiger partial charge is 0.337 e. The van der Waals surface area contributed by atoms with Crippen LogP contribution in [0.5, 0.6) is 0 Å². The van der Waals surface area contributed by atoms with Crippen molar-refractivity contribution in [1.29, 1.82) is 5.26 Å². The van der Waals surface area contributed by atoms with Crippen LogP contribution in [0.2, 0.25) is 0 Å². The maximum Gasteiger partial charge on any atom is 0.274 e. The molecule has 21 heavy (non-hydrogen) atoms. The molecule has 0 aromatic carbocycles. The van der Waals surface area contributed by atoms with Gasteiger partial charge in [0, 0.05) is 25.2 Å². The van der Waals surface area contributed by atoms with Crippen LogP contribution in [0.4, 0.5) is 0 Å². The molecule has 1 N–H and O–H groups in total. The van der Waals surface area contributed by atoms with E-state index >= 15 is 0 Å². The molecule has 6 nitrogen and oxygen atoms in total. The molecule has 6 heteroatoms. The minimum absolute atomic E-state index is 0.0401. The Morgan fingerprint density at radius 3 is 2.95 bits per heavy atom. The summed E-state index contributed by atoms with van der Waals surface area (Å²) in [6, 6.07) is 3.66. The number of carbonyl (C=O) groups excluding carboxylic acids is 2. The van der Waals surface area contributed by atoms with Crippen LogP contribution in [0.25, 0.3) is 0 Å². The van der Waals surface area contributed by atoms with Gasteiger partial charge < -0.3 is 4.90 Å². The highest BCUT2D eigenvalue weighted by atomic mass is 16.2. The van der Waals surface area contributed by atoms with Gasteiger partial charge in [-0.05, 0) is 24.3 Å². The Bertz CT molecular complexity index is 570. The summed E-state index contributed by atoms with van der Waals surface area (Å²) in [6.07, 6.45) is 1.15. The third-order valence-electron chi connectivity index (χ3n) is 3.80. The number of carbonyl (C=O) groups is 2. The molecule has 1 aliphatic heterocycles. The molecule has 1 amide bonds. The van der Waals surface area contributed by atoms with Gasteiger partial charge in [-0.15, -0.1) is 0 Å². The molecular formula is C15H20N4O2. The normalized spacial score (nSPS) is 18.0. The summed E-state index contributed by atoms with van der Waals surface area (Å²) in [6.45, 7) is 5.29. The van der Waals surface area contributed by atoms with Crippen molar-refractivity contribution in [3.63, 3.8) is 0 Å². The lowest BCUT2D eigenvalue weighted by Gasteiger charge is -2.14. The lowest BCUT2D eigenvalue weighted by molar-refractivity contribution is -0.118. The number of aromatic nitrogens is 2. The molecule has 112 valence electrons. The first-order valence-corrected chi connectivity index (χ1v) is 7.24. The van der Waals surface area contributed by atoms with Crippen LogP contribution in [-0.2, 0) is 4.79 Å². The molecule has 1 aromatic heterocycles. The number of hydrogen-bond acceptors (Lipinski definition) is 4. The van der Waals surface area contributed by atoms with Crippen LogP contribution >= 0.6 is 0 Å². The molecule has 1 aliphatic rings. The predicted octanol–water partition coefficient (Wildman–Crippen LogP) is 1.87.